The number of carbonyl (C=O) groups excluding carboxylic acids is 1. The number of benzene rings is 1. The highest BCUT2D eigenvalue weighted by molar-refractivity contribution is 5.94. The summed E-state index contributed by atoms with van der Waals surface area (Å²) in [6.45, 7) is 4.44. The van der Waals surface area contributed by atoms with E-state index in [4.69, 9.17) is 0 Å². The summed E-state index contributed by atoms with van der Waals surface area (Å²) in [5, 5.41) is 13.4. The predicted octanol–water partition coefficient (Wildman–Crippen LogP) is 0.905. The minimum atomic E-state index is -0.0748. The van der Waals surface area contributed by atoms with Crippen LogP contribution in [0.2, 0.25) is 0 Å². The number of guanidine groups is 1. The van der Waals surface area contributed by atoms with E-state index in [1.54, 1.807) is 23.0 Å². The highest BCUT2D eigenvalue weighted by atomic mass is 16.1. The van der Waals surface area contributed by atoms with E-state index in [0.29, 0.717) is 31.2 Å². The average Bonchev–Trinajstić information content (AvgIpc) is 3.02. The van der Waals surface area contributed by atoms with Crippen molar-refractivity contribution < 1.29 is 4.79 Å². The fourth-order valence-corrected chi connectivity index (χ4v) is 2.11. The van der Waals surface area contributed by atoms with Crippen molar-refractivity contribution in [3.8, 4) is 0 Å². The molecule has 0 fully saturated rings. The third kappa shape index (κ3) is 5.42. The molecule has 1 aromatic carbocycles. The number of aliphatic imine (C=N–C) groups is 1. The molecule has 1 heterocycles. The van der Waals surface area contributed by atoms with Crippen LogP contribution in [-0.2, 0) is 13.6 Å². The molecule has 7 heteroatoms. The van der Waals surface area contributed by atoms with E-state index in [0.717, 1.165) is 12.2 Å². The maximum atomic E-state index is 11.9. The van der Waals surface area contributed by atoms with E-state index >= 15 is 0 Å². The van der Waals surface area contributed by atoms with Crippen molar-refractivity contribution in [2.45, 2.75) is 13.5 Å². The zero-order valence-electron chi connectivity index (χ0n) is 14.1. The van der Waals surface area contributed by atoms with Crippen LogP contribution in [0.25, 0.3) is 0 Å². The first-order valence-electron chi connectivity index (χ1n) is 8.03. The van der Waals surface area contributed by atoms with Crippen molar-refractivity contribution in [2.24, 2.45) is 12.0 Å². The number of rotatable bonds is 7. The van der Waals surface area contributed by atoms with Gasteiger partial charge in [-0.05, 0) is 25.1 Å². The van der Waals surface area contributed by atoms with Gasteiger partial charge >= 0.3 is 0 Å². The summed E-state index contributed by atoms with van der Waals surface area (Å²) in [7, 11) is 1.89. The molecule has 0 saturated carbocycles. The summed E-state index contributed by atoms with van der Waals surface area (Å²) in [5.41, 5.74) is 1.69. The van der Waals surface area contributed by atoms with Gasteiger partial charge in [0.25, 0.3) is 5.91 Å². The first-order valence-corrected chi connectivity index (χ1v) is 8.03. The van der Waals surface area contributed by atoms with Crippen LogP contribution < -0.4 is 16.0 Å². The molecule has 0 aliphatic carbocycles. The van der Waals surface area contributed by atoms with Crippen molar-refractivity contribution >= 4 is 11.9 Å². The maximum Gasteiger partial charge on any atom is 0.251 e. The molecule has 0 radical (unpaired) electrons. The van der Waals surface area contributed by atoms with Crippen LogP contribution in [0.5, 0.6) is 0 Å². The zero-order valence-corrected chi connectivity index (χ0v) is 14.1. The molecule has 0 unspecified atom stereocenters. The molecule has 0 spiro atoms. The van der Waals surface area contributed by atoms with Crippen LogP contribution in [0.15, 0.2) is 47.6 Å². The fraction of sp³-hybridized carbons (Fsp3) is 0.353. The lowest BCUT2D eigenvalue weighted by molar-refractivity contribution is 0.0954. The number of aromatic nitrogens is 2. The lowest BCUT2D eigenvalue weighted by Gasteiger charge is -2.12. The zero-order chi connectivity index (χ0) is 17.2. The molecule has 128 valence electrons. The van der Waals surface area contributed by atoms with Gasteiger partial charge in [0.05, 0.1) is 12.2 Å². The smallest absolute Gasteiger partial charge is 0.251 e. The van der Waals surface area contributed by atoms with E-state index in [9.17, 15) is 4.79 Å². The average molecular weight is 328 g/mol. The van der Waals surface area contributed by atoms with E-state index in [1.165, 1.54) is 0 Å². The summed E-state index contributed by atoms with van der Waals surface area (Å²) < 4.78 is 1.80. The summed E-state index contributed by atoms with van der Waals surface area (Å²) in [4.78, 5) is 16.5. The number of aryl methyl sites for hydroxylation is 1. The Kier molecular flexibility index (Phi) is 6.82. The molecular formula is C17H24N6O. The van der Waals surface area contributed by atoms with E-state index in [-0.39, 0.29) is 5.91 Å². The topological polar surface area (TPSA) is 83.3 Å². The van der Waals surface area contributed by atoms with Gasteiger partial charge in [0, 0.05) is 38.4 Å². The SMILES string of the molecule is CCNC(=NCc1ccnn1C)NCCNC(=O)c1ccccc1. The summed E-state index contributed by atoms with van der Waals surface area (Å²) in [6.07, 6.45) is 1.75. The fourth-order valence-electron chi connectivity index (χ4n) is 2.11. The van der Waals surface area contributed by atoms with Gasteiger partial charge in [-0.2, -0.15) is 5.10 Å². The van der Waals surface area contributed by atoms with E-state index in [1.807, 2.05) is 38.2 Å². The van der Waals surface area contributed by atoms with Crippen LogP contribution in [0.4, 0.5) is 0 Å². The van der Waals surface area contributed by atoms with Crippen molar-refractivity contribution in [2.75, 3.05) is 19.6 Å². The molecule has 2 aromatic rings. The Labute approximate surface area is 142 Å². The summed E-state index contributed by atoms with van der Waals surface area (Å²) in [5.74, 6) is 0.641. The summed E-state index contributed by atoms with van der Waals surface area (Å²) in [6, 6.07) is 11.1. The molecule has 24 heavy (non-hydrogen) atoms. The molecule has 0 saturated heterocycles. The quantitative estimate of drug-likeness (QED) is 0.401. The number of nitrogens with one attached hydrogen (secondary N) is 3. The Morgan fingerprint density at radius 2 is 1.88 bits per heavy atom. The number of hydrogen-bond acceptors (Lipinski definition) is 3. The standard InChI is InChI=1S/C17H24N6O/c1-3-18-17(21-13-15-9-10-22-23(15)2)20-12-11-19-16(24)14-7-5-4-6-8-14/h4-10H,3,11-13H2,1-2H3,(H,19,24)(H2,18,20,21). The second-order valence-corrected chi connectivity index (χ2v) is 5.19. The molecule has 7 nitrogen and oxygen atoms in total. The molecule has 1 aromatic heterocycles. The molecular weight excluding hydrogens is 304 g/mol. The van der Waals surface area contributed by atoms with Gasteiger partial charge in [0.15, 0.2) is 5.96 Å². The Bertz CT molecular complexity index is 665. The predicted molar refractivity (Wildman–Crippen MR) is 94.8 cm³/mol. The minimum Gasteiger partial charge on any atom is -0.357 e. The van der Waals surface area contributed by atoms with Gasteiger partial charge in [-0.15, -0.1) is 0 Å². The van der Waals surface area contributed by atoms with Gasteiger partial charge in [-0.3, -0.25) is 9.48 Å². The first kappa shape index (κ1) is 17.5. The van der Waals surface area contributed by atoms with Crippen molar-refractivity contribution in [1.82, 2.24) is 25.7 Å². The Balaban J connectivity index is 1.77. The molecule has 0 aliphatic rings. The highest BCUT2D eigenvalue weighted by Crippen LogP contribution is 1.98. The molecule has 2 rings (SSSR count). The molecule has 0 atom stereocenters. The number of carbonyl (C=O) groups is 1. The van der Waals surface area contributed by atoms with Gasteiger partial charge in [0.2, 0.25) is 0 Å². The normalized spacial score (nSPS) is 11.2. The second kappa shape index (κ2) is 9.34. The lowest BCUT2D eigenvalue weighted by atomic mass is 10.2. The van der Waals surface area contributed by atoms with Gasteiger partial charge < -0.3 is 16.0 Å². The Morgan fingerprint density at radius 1 is 1.12 bits per heavy atom. The van der Waals surface area contributed by atoms with E-state index in [2.05, 4.69) is 26.0 Å². The van der Waals surface area contributed by atoms with Gasteiger partial charge in [-0.1, -0.05) is 18.2 Å². The van der Waals surface area contributed by atoms with Crippen molar-refractivity contribution in [1.29, 1.82) is 0 Å². The highest BCUT2D eigenvalue weighted by Gasteiger charge is 2.04. The van der Waals surface area contributed by atoms with Crippen molar-refractivity contribution in [3.63, 3.8) is 0 Å². The van der Waals surface area contributed by atoms with Crippen LogP contribution in [0.1, 0.15) is 23.0 Å². The number of hydrogen-bond donors (Lipinski definition) is 3. The monoisotopic (exact) mass is 328 g/mol. The Hall–Kier alpha value is -2.83. The Morgan fingerprint density at radius 3 is 2.54 bits per heavy atom. The third-order valence-electron chi connectivity index (χ3n) is 3.40. The number of nitrogens with zero attached hydrogens (tertiary/aromatic N) is 3. The number of amides is 1. The molecule has 0 aliphatic heterocycles. The molecule has 0 bridgehead atoms. The largest absolute Gasteiger partial charge is 0.357 e. The van der Waals surface area contributed by atoms with Gasteiger partial charge in [0.1, 0.15) is 0 Å². The van der Waals surface area contributed by atoms with Crippen LogP contribution in [0.3, 0.4) is 0 Å². The maximum absolute atomic E-state index is 11.9. The van der Waals surface area contributed by atoms with Crippen LogP contribution >= 0.6 is 0 Å². The first-order chi connectivity index (χ1) is 11.7. The molecule has 1 amide bonds. The van der Waals surface area contributed by atoms with Crippen LogP contribution in [-0.4, -0.2) is 41.3 Å². The third-order valence-corrected chi connectivity index (χ3v) is 3.40. The minimum absolute atomic E-state index is 0.0748. The van der Waals surface area contributed by atoms with Crippen LogP contribution in [0, 0.1) is 0 Å². The van der Waals surface area contributed by atoms with Gasteiger partial charge in [-0.25, -0.2) is 4.99 Å². The van der Waals surface area contributed by atoms with E-state index < -0.39 is 0 Å². The lowest BCUT2D eigenvalue weighted by Crippen LogP contribution is -2.41. The van der Waals surface area contributed by atoms with Crippen molar-refractivity contribution in [3.05, 3.63) is 53.9 Å². The second-order valence-electron chi connectivity index (χ2n) is 5.19. The molecule has 3 N–H and O–H groups in total. The summed E-state index contributed by atoms with van der Waals surface area (Å²) >= 11 is 0.